The fourth-order valence-electron chi connectivity index (χ4n) is 5.10. The van der Waals surface area contributed by atoms with E-state index in [1.165, 1.54) is 0 Å². The molecule has 8 nitrogen and oxygen atoms in total. The first kappa shape index (κ1) is 16.4. The summed E-state index contributed by atoms with van der Waals surface area (Å²) in [6.45, 7) is 1.48. The largest absolute Gasteiger partial charge is 0.364 e. The van der Waals surface area contributed by atoms with E-state index in [-0.39, 0.29) is 24.3 Å². The molecule has 0 spiro atoms. The fraction of sp³-hybridized carbons (Fsp3) is 0.474. The molecule has 27 heavy (non-hydrogen) atoms. The van der Waals surface area contributed by atoms with Gasteiger partial charge in [-0.05, 0) is 43.4 Å². The molecule has 0 aromatic heterocycles. The van der Waals surface area contributed by atoms with Gasteiger partial charge in [0, 0.05) is 25.2 Å². The number of fused-ring (bicyclic) bond motifs is 2. The predicted molar refractivity (Wildman–Crippen MR) is 95.0 cm³/mol. The molecule has 4 amide bonds. The average molecular weight is 368 g/mol. The summed E-state index contributed by atoms with van der Waals surface area (Å²) in [6, 6.07) is 4.33. The zero-order chi connectivity index (χ0) is 18.9. The molecule has 5 aliphatic rings. The number of benzene rings is 1. The Hall–Kier alpha value is -2.74. The van der Waals surface area contributed by atoms with E-state index in [0.29, 0.717) is 23.6 Å². The number of anilines is 1. The van der Waals surface area contributed by atoms with Crippen molar-refractivity contribution < 1.29 is 19.2 Å². The number of nitrogens with two attached hydrogens (primary N) is 1. The standard InChI is InChI=1S/C19H20N4O4/c20-9-19-6-10(7-19)8-22(19)11-1-2-12-13(5-11)18(27)23(17(12)26)14-3-4-15(24)21-16(14)25/h1-2,5,10,14H,3-4,6-9,20H2,(H,21,24,25). The molecule has 2 bridgehead atoms. The third-order valence-electron chi connectivity index (χ3n) is 6.47. The minimum Gasteiger partial charge on any atom is -0.364 e. The zero-order valence-corrected chi connectivity index (χ0v) is 14.7. The number of carbonyl (C=O) groups is 4. The molecule has 4 heterocycles. The molecule has 140 valence electrons. The summed E-state index contributed by atoms with van der Waals surface area (Å²) in [5, 5.41) is 2.21. The highest BCUT2D eigenvalue weighted by Crippen LogP contribution is 2.52. The Balaban J connectivity index is 1.47. The van der Waals surface area contributed by atoms with Gasteiger partial charge in [-0.2, -0.15) is 0 Å². The van der Waals surface area contributed by atoms with Gasteiger partial charge >= 0.3 is 0 Å². The van der Waals surface area contributed by atoms with E-state index in [2.05, 4.69) is 10.2 Å². The first-order valence-corrected chi connectivity index (χ1v) is 9.27. The quantitative estimate of drug-likeness (QED) is 0.727. The van der Waals surface area contributed by atoms with Crippen molar-refractivity contribution in [2.75, 3.05) is 18.0 Å². The normalized spacial score (nSPS) is 31.9. The molecule has 1 aliphatic carbocycles. The van der Waals surface area contributed by atoms with Crippen molar-refractivity contribution in [1.29, 1.82) is 0 Å². The molecule has 1 aromatic rings. The number of imide groups is 2. The lowest BCUT2D eigenvalue weighted by Gasteiger charge is -2.42. The van der Waals surface area contributed by atoms with Crippen molar-refractivity contribution in [2.45, 2.75) is 37.3 Å². The summed E-state index contributed by atoms with van der Waals surface area (Å²) in [7, 11) is 0. The van der Waals surface area contributed by atoms with Crippen LogP contribution in [0.4, 0.5) is 5.69 Å². The predicted octanol–water partition coefficient (Wildman–Crippen LogP) is 0.0153. The van der Waals surface area contributed by atoms with Crippen LogP contribution in [0, 0.1) is 5.92 Å². The third-order valence-corrected chi connectivity index (χ3v) is 6.47. The second-order valence-corrected chi connectivity index (χ2v) is 7.99. The van der Waals surface area contributed by atoms with Gasteiger partial charge in [0.15, 0.2) is 0 Å². The van der Waals surface area contributed by atoms with Gasteiger partial charge in [0.2, 0.25) is 11.8 Å². The van der Waals surface area contributed by atoms with E-state index >= 15 is 0 Å². The van der Waals surface area contributed by atoms with Gasteiger partial charge in [-0.1, -0.05) is 0 Å². The third kappa shape index (κ3) is 2.13. The number of hydrogen-bond acceptors (Lipinski definition) is 6. The van der Waals surface area contributed by atoms with E-state index in [1.807, 2.05) is 6.07 Å². The van der Waals surface area contributed by atoms with Crippen LogP contribution in [0.5, 0.6) is 0 Å². The van der Waals surface area contributed by atoms with Crippen LogP contribution < -0.4 is 16.0 Å². The number of nitrogens with zero attached hydrogens (tertiary/aromatic N) is 2. The van der Waals surface area contributed by atoms with Crippen molar-refractivity contribution in [2.24, 2.45) is 11.7 Å². The summed E-state index contributed by atoms with van der Waals surface area (Å²) >= 11 is 0. The van der Waals surface area contributed by atoms with Gasteiger partial charge in [0.05, 0.1) is 16.7 Å². The molecule has 0 radical (unpaired) electrons. The van der Waals surface area contributed by atoms with E-state index in [4.69, 9.17) is 5.73 Å². The Labute approximate surface area is 155 Å². The van der Waals surface area contributed by atoms with Gasteiger partial charge in [-0.25, -0.2) is 0 Å². The molecule has 1 saturated carbocycles. The molecule has 4 aliphatic heterocycles. The summed E-state index contributed by atoms with van der Waals surface area (Å²) in [5.41, 5.74) is 7.48. The van der Waals surface area contributed by atoms with Crippen LogP contribution in [-0.2, 0) is 9.59 Å². The smallest absolute Gasteiger partial charge is 0.262 e. The average Bonchev–Trinajstić information content (AvgIpc) is 3.25. The van der Waals surface area contributed by atoms with Crippen LogP contribution in [0.3, 0.4) is 0 Å². The molecule has 1 atom stereocenters. The summed E-state index contributed by atoms with van der Waals surface area (Å²) in [6.07, 6.45) is 2.40. The van der Waals surface area contributed by atoms with Crippen LogP contribution in [0.25, 0.3) is 0 Å². The minimum atomic E-state index is -0.937. The van der Waals surface area contributed by atoms with Crippen LogP contribution in [0.15, 0.2) is 18.2 Å². The maximum atomic E-state index is 12.9. The molecule has 3 N–H and O–H groups in total. The number of hydrogen-bond donors (Lipinski definition) is 2. The van der Waals surface area contributed by atoms with Crippen molar-refractivity contribution >= 4 is 29.3 Å². The van der Waals surface area contributed by atoms with Crippen LogP contribution >= 0.6 is 0 Å². The molecular formula is C19H20N4O4. The SMILES string of the molecule is NCC12CC(CN1c1ccc3c(c1)C(=O)N(C1CCC(=O)NC1=O)C3=O)C2. The number of nitrogens with one attached hydrogen (secondary N) is 1. The van der Waals surface area contributed by atoms with E-state index in [0.717, 1.165) is 30.0 Å². The van der Waals surface area contributed by atoms with Gasteiger partial charge in [-0.15, -0.1) is 0 Å². The summed E-state index contributed by atoms with van der Waals surface area (Å²) < 4.78 is 0. The Morgan fingerprint density at radius 1 is 1.11 bits per heavy atom. The highest BCUT2D eigenvalue weighted by Gasteiger charge is 2.55. The Morgan fingerprint density at radius 3 is 2.56 bits per heavy atom. The second-order valence-electron chi connectivity index (χ2n) is 7.99. The fourth-order valence-corrected chi connectivity index (χ4v) is 5.10. The van der Waals surface area contributed by atoms with Crippen LogP contribution in [0.1, 0.15) is 46.4 Å². The monoisotopic (exact) mass is 368 g/mol. The lowest BCUT2D eigenvalue weighted by atomic mass is 9.73. The molecule has 1 aromatic carbocycles. The molecule has 1 unspecified atom stereocenters. The van der Waals surface area contributed by atoms with Gasteiger partial charge in [-0.3, -0.25) is 29.4 Å². The van der Waals surface area contributed by atoms with E-state index in [9.17, 15) is 19.2 Å². The Kier molecular flexibility index (Phi) is 3.28. The molecule has 4 fully saturated rings. The molecule has 3 saturated heterocycles. The summed E-state index contributed by atoms with van der Waals surface area (Å²) in [5.74, 6) is -1.28. The minimum absolute atomic E-state index is 0.0339. The lowest BCUT2D eigenvalue weighted by Crippen LogP contribution is -2.54. The lowest BCUT2D eigenvalue weighted by molar-refractivity contribution is -0.136. The topological polar surface area (TPSA) is 113 Å². The van der Waals surface area contributed by atoms with Crippen molar-refractivity contribution in [1.82, 2.24) is 10.2 Å². The van der Waals surface area contributed by atoms with Crippen molar-refractivity contribution in [3.05, 3.63) is 29.3 Å². The number of amides is 4. The zero-order valence-electron chi connectivity index (χ0n) is 14.7. The maximum Gasteiger partial charge on any atom is 0.262 e. The van der Waals surface area contributed by atoms with Crippen LogP contribution in [-0.4, -0.2) is 53.2 Å². The van der Waals surface area contributed by atoms with Gasteiger partial charge in [0.25, 0.3) is 11.8 Å². The Morgan fingerprint density at radius 2 is 1.85 bits per heavy atom. The molecule has 6 rings (SSSR count). The van der Waals surface area contributed by atoms with Crippen LogP contribution in [0.2, 0.25) is 0 Å². The summed E-state index contributed by atoms with van der Waals surface area (Å²) in [4.78, 5) is 52.5. The Bertz CT molecular complexity index is 905. The number of piperidine rings is 1. The first-order valence-electron chi connectivity index (χ1n) is 9.27. The van der Waals surface area contributed by atoms with Crippen molar-refractivity contribution in [3.8, 4) is 0 Å². The molecule has 8 heteroatoms. The second kappa shape index (κ2) is 5.39. The highest BCUT2D eigenvalue weighted by atomic mass is 16.2. The van der Waals surface area contributed by atoms with Gasteiger partial charge < -0.3 is 10.6 Å². The van der Waals surface area contributed by atoms with E-state index in [1.54, 1.807) is 12.1 Å². The highest BCUT2D eigenvalue weighted by molar-refractivity contribution is 6.23. The number of carbonyl (C=O) groups excluding carboxylic acids is 4. The van der Waals surface area contributed by atoms with Crippen molar-refractivity contribution in [3.63, 3.8) is 0 Å². The maximum absolute atomic E-state index is 12.9. The van der Waals surface area contributed by atoms with Gasteiger partial charge in [0.1, 0.15) is 6.04 Å². The molecular weight excluding hydrogens is 348 g/mol. The number of rotatable bonds is 3. The van der Waals surface area contributed by atoms with E-state index < -0.39 is 23.8 Å². The first-order chi connectivity index (χ1) is 12.9.